The highest BCUT2D eigenvalue weighted by atomic mass is 32.2. The van der Waals surface area contributed by atoms with Gasteiger partial charge in [-0.2, -0.15) is 0 Å². The Morgan fingerprint density at radius 3 is 2.53 bits per heavy atom. The van der Waals surface area contributed by atoms with Crippen LogP contribution < -0.4 is 11.1 Å². The van der Waals surface area contributed by atoms with E-state index in [1.807, 2.05) is 0 Å². The Bertz CT molecular complexity index is 310. The van der Waals surface area contributed by atoms with Gasteiger partial charge in [-0.3, -0.25) is 9.59 Å². The molecule has 19 heavy (non-hydrogen) atoms. The topological polar surface area (TPSA) is 102 Å². The number of thioether (sulfide) groups is 1. The fraction of sp³-hybridized carbons (Fsp3) is 0.833. The number of amides is 1. The Labute approximate surface area is 118 Å². The van der Waals surface area contributed by atoms with Gasteiger partial charge in [0.2, 0.25) is 5.91 Å². The zero-order valence-electron chi connectivity index (χ0n) is 11.9. The molecule has 0 spiro atoms. The number of carbonyl (C=O) groups excluding carboxylic acids is 1. The summed E-state index contributed by atoms with van der Waals surface area (Å²) in [7, 11) is 1.61. The molecule has 6 nitrogen and oxygen atoms in total. The number of ether oxygens (including phenoxy) is 1. The average molecular weight is 292 g/mol. The maximum Gasteiger partial charge on any atom is 0.321 e. The second kappa shape index (κ2) is 8.39. The number of aliphatic carboxylic acids is 1. The van der Waals surface area contributed by atoms with Gasteiger partial charge in [-0.1, -0.05) is 0 Å². The molecule has 0 bridgehead atoms. The number of carboxylic acid groups (broad SMARTS) is 1. The molecule has 7 heteroatoms. The monoisotopic (exact) mass is 292 g/mol. The van der Waals surface area contributed by atoms with Crippen molar-refractivity contribution in [2.75, 3.05) is 20.3 Å². The van der Waals surface area contributed by atoms with Crippen LogP contribution in [-0.2, 0) is 14.3 Å². The van der Waals surface area contributed by atoms with Crippen LogP contribution >= 0.6 is 11.8 Å². The van der Waals surface area contributed by atoms with Gasteiger partial charge in [-0.25, -0.2) is 0 Å². The van der Waals surface area contributed by atoms with Crippen LogP contribution in [0.2, 0.25) is 0 Å². The van der Waals surface area contributed by atoms with Gasteiger partial charge >= 0.3 is 5.97 Å². The Morgan fingerprint density at radius 2 is 2.05 bits per heavy atom. The van der Waals surface area contributed by atoms with E-state index in [1.54, 1.807) is 27.9 Å². The maximum absolute atomic E-state index is 11.8. The van der Waals surface area contributed by atoms with Crippen LogP contribution in [0.4, 0.5) is 0 Å². The molecule has 0 aromatic heterocycles. The fourth-order valence-electron chi connectivity index (χ4n) is 1.45. The molecule has 2 atom stereocenters. The average Bonchev–Trinajstić information content (AvgIpc) is 2.32. The van der Waals surface area contributed by atoms with Crippen molar-refractivity contribution in [3.63, 3.8) is 0 Å². The summed E-state index contributed by atoms with van der Waals surface area (Å²) in [5, 5.41) is 11.3. The first-order valence-corrected chi connectivity index (χ1v) is 7.03. The highest BCUT2D eigenvalue weighted by molar-refractivity contribution is 8.02. The van der Waals surface area contributed by atoms with Crippen LogP contribution in [0.5, 0.6) is 0 Å². The highest BCUT2D eigenvalue weighted by Gasteiger charge is 2.35. The van der Waals surface area contributed by atoms with E-state index < -0.39 is 16.8 Å². The molecule has 0 aliphatic heterocycles. The summed E-state index contributed by atoms with van der Waals surface area (Å²) in [5.41, 5.74) is 5.61. The largest absolute Gasteiger partial charge is 0.480 e. The Balaban J connectivity index is 4.23. The zero-order valence-corrected chi connectivity index (χ0v) is 12.8. The molecule has 0 aliphatic carbocycles. The minimum absolute atomic E-state index is 0.119. The van der Waals surface area contributed by atoms with Gasteiger partial charge in [0.1, 0.15) is 6.04 Å². The van der Waals surface area contributed by atoms with E-state index in [0.29, 0.717) is 13.2 Å². The Hall–Kier alpha value is -0.790. The number of carboxylic acids is 1. The molecule has 0 radical (unpaired) electrons. The first-order valence-electron chi connectivity index (χ1n) is 6.15. The standard InChI is InChI=1S/C12H24N2O4S/c1-8(10(15)14-6-5-7-18-4)19-12(2,3)9(13)11(16)17/h8-9H,5-7,13H2,1-4H3,(H,14,15)(H,16,17)/t8?,9-/m1/s1. The molecule has 0 rings (SSSR count). The molecule has 1 amide bonds. The number of hydrogen-bond acceptors (Lipinski definition) is 5. The SMILES string of the molecule is COCCCNC(=O)C(C)SC(C)(C)[C@H](N)C(=O)O. The predicted octanol–water partition coefficient (Wildman–Crippen LogP) is 0.451. The maximum atomic E-state index is 11.8. The van der Waals surface area contributed by atoms with Crippen molar-refractivity contribution in [1.29, 1.82) is 0 Å². The molecular weight excluding hydrogens is 268 g/mol. The molecule has 0 saturated heterocycles. The van der Waals surface area contributed by atoms with Gasteiger partial charge in [0.15, 0.2) is 0 Å². The summed E-state index contributed by atoms with van der Waals surface area (Å²) in [6, 6.07) is -1.01. The quantitative estimate of drug-likeness (QED) is 0.533. The van der Waals surface area contributed by atoms with Crippen LogP contribution in [0.15, 0.2) is 0 Å². The van der Waals surface area contributed by atoms with E-state index in [-0.39, 0.29) is 11.2 Å². The summed E-state index contributed by atoms with van der Waals surface area (Å²) in [5.74, 6) is -1.18. The van der Waals surface area contributed by atoms with Crippen molar-refractivity contribution in [2.45, 2.75) is 43.2 Å². The predicted molar refractivity (Wildman–Crippen MR) is 76.2 cm³/mol. The van der Waals surface area contributed by atoms with Crippen LogP contribution in [-0.4, -0.2) is 53.3 Å². The lowest BCUT2D eigenvalue weighted by atomic mass is 10.1. The smallest absolute Gasteiger partial charge is 0.321 e. The third-order valence-electron chi connectivity index (χ3n) is 2.69. The van der Waals surface area contributed by atoms with E-state index in [0.717, 1.165) is 6.42 Å². The van der Waals surface area contributed by atoms with Gasteiger partial charge in [-0.05, 0) is 27.2 Å². The lowest BCUT2D eigenvalue weighted by Crippen LogP contribution is -2.48. The second-order valence-corrected chi connectivity index (χ2v) is 6.81. The summed E-state index contributed by atoms with van der Waals surface area (Å²) >= 11 is 1.26. The number of hydrogen-bond donors (Lipinski definition) is 3. The Morgan fingerprint density at radius 1 is 1.47 bits per heavy atom. The molecule has 0 aromatic rings. The second-order valence-electron chi connectivity index (χ2n) is 4.82. The molecule has 0 aliphatic rings. The van der Waals surface area contributed by atoms with Gasteiger partial charge in [0.25, 0.3) is 0 Å². The van der Waals surface area contributed by atoms with Gasteiger partial charge < -0.3 is 20.9 Å². The third-order valence-corrected chi connectivity index (χ3v) is 4.12. The fourth-order valence-corrected chi connectivity index (χ4v) is 2.80. The summed E-state index contributed by atoms with van der Waals surface area (Å²) < 4.78 is 4.17. The molecule has 0 aromatic carbocycles. The van der Waals surface area contributed by atoms with Gasteiger partial charge in [0, 0.05) is 25.0 Å². The van der Waals surface area contributed by atoms with Crippen molar-refractivity contribution in [1.82, 2.24) is 5.32 Å². The number of carbonyl (C=O) groups is 2. The van der Waals surface area contributed by atoms with E-state index >= 15 is 0 Å². The van der Waals surface area contributed by atoms with Crippen molar-refractivity contribution in [3.05, 3.63) is 0 Å². The lowest BCUT2D eigenvalue weighted by molar-refractivity contribution is -0.139. The number of nitrogens with one attached hydrogen (secondary N) is 1. The van der Waals surface area contributed by atoms with E-state index in [4.69, 9.17) is 15.6 Å². The summed E-state index contributed by atoms with van der Waals surface area (Å²) in [6.07, 6.45) is 0.748. The molecular formula is C12H24N2O4S. The summed E-state index contributed by atoms with van der Waals surface area (Å²) in [4.78, 5) is 22.7. The van der Waals surface area contributed by atoms with Crippen molar-refractivity contribution in [3.8, 4) is 0 Å². The van der Waals surface area contributed by atoms with Crippen LogP contribution in [0, 0.1) is 0 Å². The van der Waals surface area contributed by atoms with E-state index in [1.165, 1.54) is 11.8 Å². The molecule has 0 fully saturated rings. The first kappa shape index (κ1) is 18.2. The minimum atomic E-state index is -1.06. The summed E-state index contributed by atoms with van der Waals surface area (Å²) in [6.45, 7) is 6.34. The molecule has 0 heterocycles. The van der Waals surface area contributed by atoms with Crippen molar-refractivity contribution in [2.24, 2.45) is 5.73 Å². The highest BCUT2D eigenvalue weighted by Crippen LogP contribution is 2.31. The molecule has 112 valence electrons. The Kier molecular flexibility index (Phi) is 8.05. The van der Waals surface area contributed by atoms with E-state index in [9.17, 15) is 9.59 Å². The lowest BCUT2D eigenvalue weighted by Gasteiger charge is -2.30. The van der Waals surface area contributed by atoms with Crippen LogP contribution in [0.1, 0.15) is 27.2 Å². The number of methoxy groups -OCH3 is 1. The van der Waals surface area contributed by atoms with E-state index in [2.05, 4.69) is 5.32 Å². The van der Waals surface area contributed by atoms with Crippen molar-refractivity contribution < 1.29 is 19.4 Å². The van der Waals surface area contributed by atoms with Crippen molar-refractivity contribution >= 4 is 23.6 Å². The minimum Gasteiger partial charge on any atom is -0.480 e. The van der Waals surface area contributed by atoms with Crippen LogP contribution in [0.3, 0.4) is 0 Å². The number of rotatable bonds is 9. The van der Waals surface area contributed by atoms with Gasteiger partial charge in [-0.15, -0.1) is 11.8 Å². The molecule has 0 saturated carbocycles. The van der Waals surface area contributed by atoms with Crippen LogP contribution in [0.25, 0.3) is 0 Å². The van der Waals surface area contributed by atoms with Gasteiger partial charge in [0.05, 0.1) is 5.25 Å². The molecule has 4 N–H and O–H groups in total. The third kappa shape index (κ3) is 6.79. The zero-order chi connectivity index (χ0) is 15.1. The molecule has 1 unspecified atom stereocenters. The number of nitrogens with two attached hydrogens (primary N) is 1. The normalized spacial score (nSPS) is 14.8. The first-order chi connectivity index (χ1) is 8.72.